The number of Topliss-reactive ketones (excluding diaryl/α,β-unsaturated/α-hetero) is 1. The number of amides is 1. The van der Waals surface area contributed by atoms with Crippen molar-refractivity contribution >= 4 is 17.4 Å². The van der Waals surface area contributed by atoms with Gasteiger partial charge in [0, 0.05) is 11.8 Å². The number of ketones is 1. The molecule has 1 N–H and O–H groups in total. The maximum Gasteiger partial charge on any atom is 0.265 e. The smallest absolute Gasteiger partial charge is 0.265 e. The Kier molecular flexibility index (Phi) is 3.97. The van der Waals surface area contributed by atoms with Crippen molar-refractivity contribution in [3.8, 4) is 11.5 Å². The minimum Gasteiger partial charge on any atom is -0.497 e. The lowest BCUT2D eigenvalue weighted by Crippen LogP contribution is -2.38. The van der Waals surface area contributed by atoms with Gasteiger partial charge in [0.15, 0.2) is 11.9 Å². The minimum atomic E-state index is -0.952. The topological polar surface area (TPSA) is 64.6 Å². The number of nitrogens with one attached hydrogen (secondary N) is 1. The summed E-state index contributed by atoms with van der Waals surface area (Å²) in [6, 6.07) is 10.5. The van der Waals surface area contributed by atoms with E-state index in [1.165, 1.54) is 19.2 Å². The number of hydrogen-bond donors (Lipinski definition) is 1. The quantitative estimate of drug-likeness (QED) is 0.946. The number of halogens is 1. The van der Waals surface area contributed by atoms with Gasteiger partial charge in [-0.3, -0.25) is 9.59 Å². The average molecular weight is 315 g/mol. The predicted octanol–water partition coefficient (Wildman–Crippen LogP) is 2.81. The SMILES string of the molecule is COc1cccc(NC(=O)[C@H]2CC(=O)c3cc(F)ccc3O2)c1. The maximum absolute atomic E-state index is 13.2. The third kappa shape index (κ3) is 3.15. The summed E-state index contributed by atoms with van der Waals surface area (Å²) in [4.78, 5) is 24.3. The number of hydrogen-bond acceptors (Lipinski definition) is 4. The van der Waals surface area contributed by atoms with E-state index in [9.17, 15) is 14.0 Å². The molecule has 0 fully saturated rings. The lowest BCUT2D eigenvalue weighted by molar-refractivity contribution is -0.122. The number of anilines is 1. The van der Waals surface area contributed by atoms with Crippen LogP contribution in [0.2, 0.25) is 0 Å². The minimum absolute atomic E-state index is 0.133. The van der Waals surface area contributed by atoms with Crippen molar-refractivity contribution in [2.24, 2.45) is 0 Å². The van der Waals surface area contributed by atoms with Crippen molar-refractivity contribution < 1.29 is 23.5 Å². The van der Waals surface area contributed by atoms with Gasteiger partial charge in [-0.2, -0.15) is 0 Å². The van der Waals surface area contributed by atoms with Crippen LogP contribution in [0.4, 0.5) is 10.1 Å². The molecule has 0 aromatic heterocycles. The molecule has 1 aliphatic heterocycles. The lowest BCUT2D eigenvalue weighted by atomic mass is 10.00. The molecule has 5 nitrogen and oxygen atoms in total. The third-order valence-corrected chi connectivity index (χ3v) is 3.51. The van der Waals surface area contributed by atoms with Gasteiger partial charge in [0.25, 0.3) is 5.91 Å². The average Bonchev–Trinajstić information content (AvgIpc) is 2.55. The van der Waals surface area contributed by atoms with Gasteiger partial charge in [-0.05, 0) is 30.3 Å². The summed E-state index contributed by atoms with van der Waals surface area (Å²) in [6.45, 7) is 0. The van der Waals surface area contributed by atoms with Gasteiger partial charge in [0.1, 0.15) is 17.3 Å². The van der Waals surface area contributed by atoms with Crippen molar-refractivity contribution in [2.45, 2.75) is 12.5 Å². The standard InChI is InChI=1S/C17H14FNO4/c1-22-12-4-2-3-11(8-12)19-17(21)16-9-14(20)13-7-10(18)5-6-15(13)23-16/h2-8,16H,9H2,1H3,(H,19,21)/t16-/m1/s1. The number of benzene rings is 2. The fourth-order valence-corrected chi connectivity index (χ4v) is 2.37. The van der Waals surface area contributed by atoms with Crippen LogP contribution in [0.5, 0.6) is 11.5 Å². The molecule has 6 heteroatoms. The molecule has 3 rings (SSSR count). The molecule has 0 unspecified atom stereocenters. The van der Waals surface area contributed by atoms with Gasteiger partial charge >= 0.3 is 0 Å². The predicted molar refractivity (Wildman–Crippen MR) is 81.4 cm³/mol. The number of fused-ring (bicyclic) bond motifs is 1. The van der Waals surface area contributed by atoms with E-state index >= 15 is 0 Å². The van der Waals surface area contributed by atoms with Crippen molar-refractivity contribution in [2.75, 3.05) is 12.4 Å². The van der Waals surface area contributed by atoms with Crippen LogP contribution < -0.4 is 14.8 Å². The van der Waals surface area contributed by atoms with E-state index in [1.54, 1.807) is 24.3 Å². The number of carbonyl (C=O) groups is 2. The molecular weight excluding hydrogens is 301 g/mol. The van der Waals surface area contributed by atoms with E-state index in [0.717, 1.165) is 6.07 Å². The molecule has 0 aliphatic carbocycles. The summed E-state index contributed by atoms with van der Waals surface area (Å²) < 4.78 is 23.8. The Hall–Kier alpha value is -2.89. The Morgan fingerprint density at radius 1 is 1.30 bits per heavy atom. The molecular formula is C17H14FNO4. The fraction of sp³-hybridized carbons (Fsp3) is 0.176. The summed E-state index contributed by atoms with van der Waals surface area (Å²) in [5, 5.41) is 2.68. The second kappa shape index (κ2) is 6.08. The third-order valence-electron chi connectivity index (χ3n) is 3.51. The van der Waals surface area contributed by atoms with Gasteiger partial charge in [0.2, 0.25) is 0 Å². The molecule has 0 saturated heterocycles. The fourth-order valence-electron chi connectivity index (χ4n) is 2.37. The first kappa shape index (κ1) is 15.0. The lowest BCUT2D eigenvalue weighted by Gasteiger charge is -2.24. The van der Waals surface area contributed by atoms with Crippen molar-refractivity contribution in [1.82, 2.24) is 0 Å². The second-order valence-electron chi connectivity index (χ2n) is 5.10. The maximum atomic E-state index is 13.2. The second-order valence-corrected chi connectivity index (χ2v) is 5.10. The Balaban J connectivity index is 1.76. The Morgan fingerprint density at radius 3 is 2.91 bits per heavy atom. The van der Waals surface area contributed by atoms with Crippen LogP contribution in [0.15, 0.2) is 42.5 Å². The summed E-state index contributed by atoms with van der Waals surface area (Å²) in [6.07, 6.45) is -1.08. The molecule has 23 heavy (non-hydrogen) atoms. The highest BCUT2D eigenvalue weighted by atomic mass is 19.1. The zero-order chi connectivity index (χ0) is 16.4. The largest absolute Gasteiger partial charge is 0.497 e. The Labute approximate surface area is 132 Å². The molecule has 1 aliphatic rings. The highest BCUT2D eigenvalue weighted by molar-refractivity contribution is 6.05. The van der Waals surface area contributed by atoms with Crippen LogP contribution in [0.1, 0.15) is 16.8 Å². The van der Waals surface area contributed by atoms with Crippen LogP contribution in [0.3, 0.4) is 0 Å². The van der Waals surface area contributed by atoms with Crippen LogP contribution in [0.25, 0.3) is 0 Å². The monoisotopic (exact) mass is 315 g/mol. The molecule has 0 saturated carbocycles. The van der Waals surface area contributed by atoms with Gasteiger partial charge in [-0.15, -0.1) is 0 Å². The molecule has 1 amide bonds. The molecule has 0 bridgehead atoms. The Bertz CT molecular complexity index is 775. The highest BCUT2D eigenvalue weighted by Crippen LogP contribution is 2.29. The van der Waals surface area contributed by atoms with Crippen molar-refractivity contribution in [3.05, 3.63) is 53.8 Å². The number of methoxy groups -OCH3 is 1. The molecule has 1 atom stereocenters. The summed E-state index contributed by atoms with van der Waals surface area (Å²) >= 11 is 0. The van der Waals surface area contributed by atoms with Crippen molar-refractivity contribution in [3.63, 3.8) is 0 Å². The molecule has 2 aromatic rings. The number of carbonyl (C=O) groups excluding carboxylic acids is 2. The van der Waals surface area contributed by atoms with E-state index in [-0.39, 0.29) is 23.5 Å². The van der Waals surface area contributed by atoms with E-state index in [1.807, 2.05) is 0 Å². The number of ether oxygens (including phenoxy) is 2. The van der Waals surface area contributed by atoms with Crippen molar-refractivity contribution in [1.29, 1.82) is 0 Å². The van der Waals surface area contributed by atoms with E-state index in [2.05, 4.69) is 5.32 Å². The zero-order valence-corrected chi connectivity index (χ0v) is 12.3. The molecule has 0 spiro atoms. The Morgan fingerprint density at radius 2 is 2.13 bits per heavy atom. The zero-order valence-electron chi connectivity index (χ0n) is 12.3. The highest BCUT2D eigenvalue weighted by Gasteiger charge is 2.31. The van der Waals surface area contributed by atoms with E-state index in [0.29, 0.717) is 11.4 Å². The molecule has 118 valence electrons. The van der Waals surface area contributed by atoms with E-state index < -0.39 is 17.8 Å². The molecule has 2 aromatic carbocycles. The molecule has 0 radical (unpaired) electrons. The van der Waals surface area contributed by atoms with Gasteiger partial charge in [-0.1, -0.05) is 6.07 Å². The molecule has 1 heterocycles. The van der Waals surface area contributed by atoms with Crippen LogP contribution in [0, 0.1) is 5.82 Å². The first-order valence-electron chi connectivity index (χ1n) is 7.01. The van der Waals surface area contributed by atoms with E-state index in [4.69, 9.17) is 9.47 Å². The van der Waals surface area contributed by atoms with Gasteiger partial charge in [0.05, 0.1) is 19.1 Å². The van der Waals surface area contributed by atoms with Crippen LogP contribution >= 0.6 is 0 Å². The van der Waals surface area contributed by atoms with Gasteiger partial charge in [-0.25, -0.2) is 4.39 Å². The number of rotatable bonds is 3. The first-order valence-corrected chi connectivity index (χ1v) is 7.01. The summed E-state index contributed by atoms with van der Waals surface area (Å²) in [5.41, 5.74) is 0.700. The first-order chi connectivity index (χ1) is 11.1. The van der Waals surface area contributed by atoms with Crippen LogP contribution in [-0.4, -0.2) is 24.9 Å². The normalized spacial score (nSPS) is 16.3. The summed E-state index contributed by atoms with van der Waals surface area (Å²) in [5.74, 6) is -0.462. The summed E-state index contributed by atoms with van der Waals surface area (Å²) in [7, 11) is 1.53. The van der Waals surface area contributed by atoms with Gasteiger partial charge < -0.3 is 14.8 Å². The van der Waals surface area contributed by atoms with Crippen LogP contribution in [-0.2, 0) is 4.79 Å².